The van der Waals surface area contributed by atoms with Gasteiger partial charge < -0.3 is 94.5 Å². The molecule has 0 saturated carbocycles. The Kier molecular flexibility index (Phi) is 71.5. The number of halogens is 3. The SMILES string of the molecule is C1CCOC1.CCO.CCO.CN(C)CCCl.CN(C)CCN1C(=O)CCc2ccccc21.CN(C)CCN1CCCc2ccc(N)cc21.CN(C)CCN1CCCc2ccc(N=C(N)c3cccs3)cc21.CN(C)CCN1CCCc2ccc([N+](=O)[O-])cc21.CN(C)CCN1CCCc2ccccc21.CSC(=N)c1cccs1.Cl.I.O=C1CCc2ccccc2N1.[Al].[CH3-].[H-].[Li+].[Pd]. The molecule has 33 heteroatoms. The fourth-order valence-electron chi connectivity index (χ4n) is 14.1. The summed E-state index contributed by atoms with van der Waals surface area (Å²) in [6.07, 6.45) is 17.0. The Bertz CT molecular complexity index is 4420. The number of rotatable bonds is 21. The number of para-hydroxylation sites is 3. The topological polar surface area (TPSA) is 263 Å². The van der Waals surface area contributed by atoms with Crippen molar-refractivity contribution < 1.29 is 70.2 Å². The second-order valence-electron chi connectivity index (χ2n) is 32.6. The molecular formula is C98H154AlCl2ILiN17O7PdS3-. The molecule has 0 spiro atoms. The predicted molar refractivity (Wildman–Crippen MR) is 572 cm³/mol. The molecular weight excluding hydrogens is 1960 g/mol. The summed E-state index contributed by atoms with van der Waals surface area (Å²) in [7, 11) is 24.9. The molecule has 2 amide bonds. The number of aliphatic hydroxyl groups is 2. The van der Waals surface area contributed by atoms with Gasteiger partial charge >= 0.3 is 18.9 Å². The van der Waals surface area contributed by atoms with Crippen LogP contribution in [-0.4, -0.2) is 306 Å². The van der Waals surface area contributed by atoms with Gasteiger partial charge in [0.1, 0.15) is 10.9 Å². The Morgan fingerprint density at radius 3 is 1.35 bits per heavy atom. The smallest absolute Gasteiger partial charge is 1.00 e. The number of alkyl halides is 1. The van der Waals surface area contributed by atoms with Crippen LogP contribution in [0.3, 0.4) is 0 Å². The number of aryl methyl sites for hydroxylation is 6. The monoisotopic (exact) mass is 2110 g/mol. The first-order valence-corrected chi connectivity index (χ1v) is 47.6. The molecule has 9 heterocycles. The van der Waals surface area contributed by atoms with Gasteiger partial charge in [-0.25, -0.2) is 4.99 Å². The Morgan fingerprint density at radius 1 is 0.534 bits per heavy atom. The predicted octanol–water partition coefficient (Wildman–Crippen LogP) is 13.9. The van der Waals surface area contributed by atoms with Gasteiger partial charge in [-0.2, -0.15) is 0 Å². The number of nitrogens with two attached hydrogens (primary N) is 2. The largest absolute Gasteiger partial charge is 1.00 e. The van der Waals surface area contributed by atoms with Crippen molar-refractivity contribution in [1.29, 1.82) is 5.41 Å². The molecule has 131 heavy (non-hydrogen) atoms. The normalized spacial score (nSPS) is 13.8. The van der Waals surface area contributed by atoms with Crippen molar-refractivity contribution in [2.24, 2.45) is 10.7 Å². The minimum absolute atomic E-state index is 0. The van der Waals surface area contributed by atoms with Gasteiger partial charge in [0.15, 0.2) is 0 Å². The second-order valence-corrected chi connectivity index (χ2v) is 35.7. The molecule has 15 rings (SSSR count). The number of likely N-dealkylation sites (N-methyl/N-ethyl adjacent to an activating group) is 5. The van der Waals surface area contributed by atoms with Crippen molar-refractivity contribution in [3.05, 3.63) is 223 Å². The number of hydrogen-bond donors (Lipinski definition) is 6. The number of amides is 2. The first kappa shape index (κ1) is 127. The van der Waals surface area contributed by atoms with E-state index in [2.05, 4.69) is 163 Å². The number of nitro groups is 1. The molecule has 3 radical (unpaired) electrons. The van der Waals surface area contributed by atoms with Gasteiger partial charge in [0.2, 0.25) is 11.8 Å². The Hall–Kier alpha value is -5.71. The van der Waals surface area contributed by atoms with E-state index in [-0.39, 0.29) is 138 Å². The maximum atomic E-state index is 11.9. The van der Waals surface area contributed by atoms with Gasteiger partial charge in [-0.1, -0.05) is 84.9 Å². The molecule has 1 saturated heterocycles. The number of nitrogens with zero attached hydrogens (tertiary/aromatic N) is 13. The number of non-ortho nitro benzene ring substituents is 1. The van der Waals surface area contributed by atoms with Crippen molar-refractivity contribution >= 4 is 174 Å². The number of aliphatic hydroxyl groups excluding tert-OH is 2. The van der Waals surface area contributed by atoms with E-state index < -0.39 is 0 Å². The summed E-state index contributed by atoms with van der Waals surface area (Å²) in [5.74, 6) is 1.70. The van der Waals surface area contributed by atoms with Gasteiger partial charge in [-0.05, 0) is 280 Å². The minimum atomic E-state index is -0.320. The van der Waals surface area contributed by atoms with Crippen LogP contribution in [0.4, 0.5) is 51.2 Å². The molecule has 8 aromatic rings. The maximum Gasteiger partial charge on any atom is 1.00 e. The van der Waals surface area contributed by atoms with Crippen LogP contribution in [0.1, 0.15) is 110 Å². The summed E-state index contributed by atoms with van der Waals surface area (Å²) in [4.78, 5) is 64.6. The molecule has 1 fully saturated rings. The van der Waals surface area contributed by atoms with Gasteiger partial charge in [0.05, 0.1) is 20.4 Å². The van der Waals surface area contributed by atoms with Gasteiger partial charge in [0.25, 0.3) is 5.69 Å². The molecule has 0 atom stereocenters. The number of carbonyl (C=O) groups excluding carboxylic acids is 2. The number of nitrogens with one attached hydrogen (secondary N) is 2. The fraction of sp³-hybridized carbons (Fsp3) is 0.500. The molecule has 8 N–H and O–H groups in total. The molecule has 2 aromatic heterocycles. The number of nitro benzene ring substituents is 1. The number of anilines is 7. The summed E-state index contributed by atoms with van der Waals surface area (Å²) in [5, 5.41) is 40.8. The van der Waals surface area contributed by atoms with Crippen LogP contribution in [0.15, 0.2) is 167 Å². The van der Waals surface area contributed by atoms with E-state index in [1.165, 1.54) is 114 Å². The number of benzene rings is 6. The summed E-state index contributed by atoms with van der Waals surface area (Å²) in [6, 6.07) is 50.8. The zero-order valence-corrected chi connectivity index (χ0v) is 90.4. The van der Waals surface area contributed by atoms with Crippen LogP contribution in [-0.2, 0) is 73.3 Å². The number of hydrogen-bond acceptors (Lipinski definition) is 23. The van der Waals surface area contributed by atoms with Crippen molar-refractivity contribution in [2.45, 2.75) is 104 Å². The number of amidine groups is 1. The van der Waals surface area contributed by atoms with Crippen molar-refractivity contribution in [2.75, 3.05) is 257 Å². The Morgan fingerprint density at radius 2 is 0.924 bits per heavy atom. The summed E-state index contributed by atoms with van der Waals surface area (Å²) in [6.45, 7) is 21.4. The number of fused-ring (bicyclic) bond motifs is 6. The van der Waals surface area contributed by atoms with Crippen LogP contribution in [0.5, 0.6) is 0 Å². The molecule has 0 bridgehead atoms. The van der Waals surface area contributed by atoms with Crippen LogP contribution < -0.4 is 60.1 Å². The standard InChI is InChI=1S/C18H24N4S.C13H19N3O2.C13H21N3.C13H18N2O.C13H20N2.C9H9NO.C6H7NS2.C4H10ClN.C4H8O.2C2H6O.CH3.Al.ClH.HI.Li.Pd.H/c1-21(2)10-11-22-9-3-5-14-7-8-15(13-16(14)22)20-18(19)17-6-4-12-23-17;1-14(2)8-9-15-7-3-4-11-5-6-12(16(17)18)10-13(11)15;1-15(2)8-9-16-7-3-4-11-5-6-12(14)10-13(11)16;1-14(2)9-10-15-12-6-4-3-5-11(12)7-8-13(15)16;1-14(2)10-11-15-9-5-7-12-6-3-4-8-13(12)15;11-9-6-5-7-3-1-2-4-8(7)10-9;1-8-6(7)5-3-2-4-9-5;1-6(2)4-3-5;1-2-4-5-3-1;2*1-2-3;;;;;;;/h4,6-8,12-13H,3,5,9-11H2,1-2H3,(H2,19,20);5-6,10H,3-4,7-9H2,1-2H3;5-6,10H,3-4,7-9,14H2,1-2H3;3-6H,7-10H2,1-2H3;3-4,6,8H,5,7,9-11H2,1-2H3;1-4H,5-6H2,(H,10,11);2-4,7H,1H3;3-4H2,1-2H3;1-4H2;2*3H,2H2,1H3;1H3;;2*1H;;;/q;;;;;;;;;;;-1;;;;+1;;-1. The third-order valence-electron chi connectivity index (χ3n) is 20.8. The van der Waals surface area contributed by atoms with Crippen molar-refractivity contribution in [3.63, 3.8) is 0 Å². The third-order valence-corrected chi connectivity index (χ3v) is 23.5. The number of thiophene rings is 2. The first-order chi connectivity index (χ1) is 60.1. The van der Waals surface area contributed by atoms with E-state index >= 15 is 0 Å². The number of ether oxygens (including phenoxy) is 1. The zero-order chi connectivity index (χ0) is 91.4. The molecule has 24 nitrogen and oxygen atoms in total. The zero-order valence-electron chi connectivity index (χ0n) is 82.3. The van der Waals surface area contributed by atoms with E-state index in [1.807, 2.05) is 142 Å². The number of thioether (sulfide) groups is 1. The molecule has 0 unspecified atom stereocenters. The van der Waals surface area contributed by atoms with E-state index in [0.717, 1.165) is 181 Å². The van der Waals surface area contributed by atoms with Crippen LogP contribution >= 0.6 is 82.4 Å². The van der Waals surface area contributed by atoms with Gasteiger partial charge in [0, 0.05) is 233 Å². The molecule has 727 valence electrons. The van der Waals surface area contributed by atoms with E-state index in [0.29, 0.717) is 23.7 Å². The van der Waals surface area contributed by atoms with Crippen LogP contribution in [0, 0.1) is 23.0 Å². The summed E-state index contributed by atoms with van der Waals surface area (Å²) in [5.41, 5.74) is 29.3. The average Bonchev–Trinajstić information content (AvgIpc) is 0.992. The van der Waals surface area contributed by atoms with E-state index in [9.17, 15) is 19.7 Å². The Labute approximate surface area is 865 Å². The molecule has 7 aliphatic heterocycles. The van der Waals surface area contributed by atoms with Crippen LogP contribution in [0.25, 0.3) is 0 Å². The quantitative estimate of drug-likeness (QED) is 0.00449. The van der Waals surface area contributed by atoms with Gasteiger partial charge in [-0.15, -0.1) is 82.4 Å². The molecule has 6 aromatic carbocycles. The minimum Gasteiger partial charge on any atom is -1.00 e. The number of nitrogen functional groups attached to an aromatic ring is 1. The van der Waals surface area contributed by atoms with Crippen LogP contribution in [0.2, 0.25) is 0 Å². The number of aliphatic imine (C=N–C) groups is 1. The van der Waals surface area contributed by atoms with Crippen molar-refractivity contribution in [3.8, 4) is 0 Å². The van der Waals surface area contributed by atoms with E-state index in [4.69, 9.17) is 43.4 Å². The fourth-order valence-corrected chi connectivity index (χ4v) is 16.3. The molecule has 7 aliphatic rings. The third kappa shape index (κ3) is 49.8. The Balaban J connectivity index is -0.00000143. The number of carbonyl (C=O) groups is 2. The maximum absolute atomic E-state index is 11.9. The van der Waals surface area contributed by atoms with Gasteiger partial charge in [-0.3, -0.25) is 25.1 Å². The first-order valence-electron chi connectivity index (χ1n) is 44.0. The summed E-state index contributed by atoms with van der Waals surface area (Å²) < 4.78 is 4.94. The second kappa shape index (κ2) is 73.5. The van der Waals surface area contributed by atoms with E-state index in [1.54, 1.807) is 48.7 Å². The average molecular weight is 2120 g/mol. The van der Waals surface area contributed by atoms with Crippen molar-refractivity contribution in [1.82, 2.24) is 29.4 Å². The molecule has 0 aliphatic carbocycles. The summed E-state index contributed by atoms with van der Waals surface area (Å²) >= 11 is 10.1.